The highest BCUT2D eigenvalue weighted by molar-refractivity contribution is 5.16. The van der Waals surface area contributed by atoms with Crippen molar-refractivity contribution in [1.82, 2.24) is 0 Å². The highest BCUT2D eigenvalue weighted by Crippen LogP contribution is 1.92. The molecule has 0 aliphatic rings. The Kier molecular flexibility index (Phi) is 14.4. The fourth-order valence-corrected chi connectivity index (χ4v) is 1.17. The summed E-state index contributed by atoms with van der Waals surface area (Å²) in [6, 6.07) is 0. The van der Waals surface area contributed by atoms with Gasteiger partial charge in [0.1, 0.15) is 0 Å². The van der Waals surface area contributed by atoms with Crippen molar-refractivity contribution < 1.29 is 10.2 Å². The molecule has 18 heavy (non-hydrogen) atoms. The van der Waals surface area contributed by atoms with Crippen LogP contribution in [0.1, 0.15) is 51.4 Å². The Morgan fingerprint density at radius 1 is 0.500 bits per heavy atom. The predicted molar refractivity (Wildman–Crippen MR) is 74.4 cm³/mol. The maximum atomic E-state index is 8.56. The Labute approximate surface area is 111 Å². The summed E-state index contributed by atoms with van der Waals surface area (Å²) in [6.45, 7) is 0.497. The normalized spacial score (nSPS) is 8.33. The lowest BCUT2D eigenvalue weighted by Gasteiger charge is -1.87. The first kappa shape index (κ1) is 16.6. The molecule has 0 saturated carbocycles. The number of hydrogen-bond acceptors (Lipinski definition) is 2. The van der Waals surface area contributed by atoms with Crippen LogP contribution >= 0.6 is 0 Å². The molecule has 0 aromatic heterocycles. The monoisotopic (exact) mass is 246 g/mol. The van der Waals surface area contributed by atoms with Crippen molar-refractivity contribution >= 4 is 0 Å². The third-order valence-corrected chi connectivity index (χ3v) is 2.15. The van der Waals surface area contributed by atoms with E-state index in [1.807, 2.05) is 0 Å². The fraction of sp³-hybridized carbons (Fsp3) is 0.625. The second kappa shape index (κ2) is 15.6. The van der Waals surface area contributed by atoms with Gasteiger partial charge in [-0.05, 0) is 25.7 Å². The van der Waals surface area contributed by atoms with E-state index in [0.717, 1.165) is 38.5 Å². The van der Waals surface area contributed by atoms with E-state index in [0.29, 0.717) is 12.8 Å². The first-order chi connectivity index (χ1) is 8.91. The van der Waals surface area contributed by atoms with Gasteiger partial charge >= 0.3 is 0 Å². The van der Waals surface area contributed by atoms with Crippen LogP contribution in [0.4, 0.5) is 0 Å². The van der Waals surface area contributed by atoms with Gasteiger partial charge in [-0.2, -0.15) is 0 Å². The molecule has 2 N–H and O–H groups in total. The minimum Gasteiger partial charge on any atom is -0.396 e. The summed E-state index contributed by atoms with van der Waals surface area (Å²) in [7, 11) is 0. The van der Waals surface area contributed by atoms with Crippen LogP contribution in [0.2, 0.25) is 0 Å². The molecule has 0 rings (SSSR count). The first-order valence-electron chi connectivity index (χ1n) is 6.50. The Balaban J connectivity index is 3.43. The van der Waals surface area contributed by atoms with Gasteiger partial charge in [0.2, 0.25) is 0 Å². The van der Waals surface area contributed by atoms with Crippen molar-refractivity contribution in [3.8, 4) is 35.5 Å². The molecule has 0 spiro atoms. The summed E-state index contributed by atoms with van der Waals surface area (Å²) in [5, 5.41) is 17.1. The van der Waals surface area contributed by atoms with Crippen LogP contribution in [0.3, 0.4) is 0 Å². The van der Waals surface area contributed by atoms with Gasteiger partial charge < -0.3 is 10.2 Å². The maximum Gasteiger partial charge on any atom is 0.0702 e. The second-order valence-corrected chi connectivity index (χ2v) is 3.78. The molecule has 0 saturated heterocycles. The van der Waals surface area contributed by atoms with Crippen LogP contribution < -0.4 is 0 Å². The number of unbranched alkanes of at least 4 members (excludes halogenated alkanes) is 4. The molecule has 0 aliphatic carbocycles. The van der Waals surface area contributed by atoms with E-state index in [1.54, 1.807) is 0 Å². The van der Waals surface area contributed by atoms with Crippen molar-refractivity contribution in [2.24, 2.45) is 0 Å². The smallest absolute Gasteiger partial charge is 0.0702 e. The standard InChI is InChI=1S/C16H22O2/c17-15-13-11-9-7-5-3-1-2-4-6-8-10-12-14-16-18/h17-18H,3-4,9-16H2. The Morgan fingerprint density at radius 3 is 1.28 bits per heavy atom. The van der Waals surface area contributed by atoms with Gasteiger partial charge in [-0.15, -0.1) is 11.8 Å². The van der Waals surface area contributed by atoms with Gasteiger partial charge in [-0.1, -0.05) is 23.7 Å². The summed E-state index contributed by atoms with van der Waals surface area (Å²) in [6.07, 6.45) is 6.45. The second-order valence-electron chi connectivity index (χ2n) is 3.78. The van der Waals surface area contributed by atoms with Crippen LogP contribution in [-0.4, -0.2) is 23.4 Å². The van der Waals surface area contributed by atoms with Crippen LogP contribution in [0.15, 0.2) is 0 Å². The van der Waals surface area contributed by atoms with E-state index >= 15 is 0 Å². The van der Waals surface area contributed by atoms with Gasteiger partial charge in [-0.3, -0.25) is 0 Å². The third kappa shape index (κ3) is 14.6. The largest absolute Gasteiger partial charge is 0.396 e. The first-order valence-corrected chi connectivity index (χ1v) is 6.50. The molecule has 0 aromatic carbocycles. The van der Waals surface area contributed by atoms with Crippen LogP contribution in [0, 0.1) is 35.5 Å². The third-order valence-electron chi connectivity index (χ3n) is 2.15. The zero-order valence-electron chi connectivity index (χ0n) is 11.0. The van der Waals surface area contributed by atoms with Crippen LogP contribution in [-0.2, 0) is 0 Å². The van der Waals surface area contributed by atoms with Gasteiger partial charge in [0.15, 0.2) is 0 Å². The number of hydrogen-bond donors (Lipinski definition) is 2. The molecule has 0 aromatic rings. The molecular formula is C16H22O2. The predicted octanol–water partition coefficient (Wildman–Crippen LogP) is 2.10. The van der Waals surface area contributed by atoms with E-state index < -0.39 is 0 Å². The molecule has 0 unspecified atom stereocenters. The van der Waals surface area contributed by atoms with E-state index in [-0.39, 0.29) is 13.2 Å². The molecule has 0 radical (unpaired) electrons. The van der Waals surface area contributed by atoms with E-state index in [1.165, 1.54) is 0 Å². The molecule has 0 bridgehead atoms. The minimum atomic E-state index is 0.248. The zero-order valence-corrected chi connectivity index (χ0v) is 11.0. The maximum absolute atomic E-state index is 8.56. The van der Waals surface area contributed by atoms with Gasteiger partial charge in [0, 0.05) is 26.1 Å². The minimum absolute atomic E-state index is 0.248. The average Bonchev–Trinajstić information content (AvgIpc) is 2.39. The van der Waals surface area contributed by atoms with Gasteiger partial charge in [0.05, 0.1) is 12.8 Å². The highest BCUT2D eigenvalue weighted by atomic mass is 16.3. The Morgan fingerprint density at radius 2 is 0.889 bits per heavy atom. The van der Waals surface area contributed by atoms with Crippen molar-refractivity contribution in [1.29, 1.82) is 0 Å². The number of aliphatic hydroxyl groups is 2. The highest BCUT2D eigenvalue weighted by Gasteiger charge is 1.81. The van der Waals surface area contributed by atoms with Crippen LogP contribution in [0.25, 0.3) is 0 Å². The van der Waals surface area contributed by atoms with Gasteiger partial charge in [-0.25, -0.2) is 0 Å². The molecule has 2 nitrogen and oxygen atoms in total. The van der Waals surface area contributed by atoms with Crippen molar-refractivity contribution in [3.05, 3.63) is 0 Å². The quantitative estimate of drug-likeness (QED) is 0.556. The SMILES string of the molecule is OCCCCC#CCC#CCC#CCCCCO. The molecule has 0 heterocycles. The molecule has 0 atom stereocenters. The molecular weight excluding hydrogens is 224 g/mol. The van der Waals surface area contributed by atoms with Crippen molar-refractivity contribution in [2.75, 3.05) is 13.2 Å². The summed E-state index contributed by atoms with van der Waals surface area (Å²) in [4.78, 5) is 0. The lowest BCUT2D eigenvalue weighted by atomic mass is 10.2. The Bertz CT molecular complexity index is 318. The fourth-order valence-electron chi connectivity index (χ4n) is 1.17. The molecule has 0 amide bonds. The van der Waals surface area contributed by atoms with Crippen LogP contribution in [0.5, 0.6) is 0 Å². The van der Waals surface area contributed by atoms with Crippen molar-refractivity contribution in [2.45, 2.75) is 51.4 Å². The average molecular weight is 246 g/mol. The lowest BCUT2D eigenvalue weighted by molar-refractivity contribution is 0.285. The summed E-state index contributed by atoms with van der Waals surface area (Å²) in [5.74, 6) is 17.9. The topological polar surface area (TPSA) is 40.5 Å². The molecule has 0 aliphatic heterocycles. The van der Waals surface area contributed by atoms with Gasteiger partial charge in [0.25, 0.3) is 0 Å². The Hall–Kier alpha value is -1.40. The molecule has 98 valence electrons. The molecule has 0 fully saturated rings. The van der Waals surface area contributed by atoms with E-state index in [9.17, 15) is 0 Å². The summed E-state index contributed by atoms with van der Waals surface area (Å²) in [5.41, 5.74) is 0. The lowest BCUT2D eigenvalue weighted by Crippen LogP contribution is -1.80. The summed E-state index contributed by atoms with van der Waals surface area (Å²) < 4.78 is 0. The molecule has 2 heteroatoms. The van der Waals surface area contributed by atoms with Crippen molar-refractivity contribution in [3.63, 3.8) is 0 Å². The van der Waals surface area contributed by atoms with E-state index in [4.69, 9.17) is 10.2 Å². The number of rotatable bonds is 6. The van der Waals surface area contributed by atoms with E-state index in [2.05, 4.69) is 35.5 Å². The number of aliphatic hydroxyl groups excluding tert-OH is 2. The summed E-state index contributed by atoms with van der Waals surface area (Å²) >= 11 is 0. The zero-order chi connectivity index (χ0) is 13.3.